The summed E-state index contributed by atoms with van der Waals surface area (Å²) < 4.78 is 5.10. The van der Waals surface area contributed by atoms with Crippen LogP contribution in [0.25, 0.3) is 0 Å². The molecule has 0 saturated carbocycles. The zero-order valence-electron chi connectivity index (χ0n) is 10.2. The molecule has 0 aliphatic heterocycles. The second kappa shape index (κ2) is 9.11. The molecule has 0 fully saturated rings. The third-order valence-electron chi connectivity index (χ3n) is 1.37. The van der Waals surface area contributed by atoms with E-state index in [0.717, 1.165) is 24.2 Å². The van der Waals surface area contributed by atoms with Crippen LogP contribution in [0, 0.1) is 0 Å². The van der Waals surface area contributed by atoms with E-state index >= 15 is 0 Å². The molecule has 0 aromatic rings. The second-order valence-electron chi connectivity index (χ2n) is 4.21. The molecule has 6 heteroatoms. The molecule has 2 radical (unpaired) electrons. The molecule has 92 valence electrons. The largest absolute Gasteiger partial charge is 0.444 e. The fraction of sp³-hybridized carbons (Fsp3) is 0.900. The first-order valence-electron chi connectivity index (χ1n) is 5.37. The number of carbonyl (C=O) groups is 1. The Hall–Kier alpha value is 0.0349. The van der Waals surface area contributed by atoms with Crippen molar-refractivity contribution >= 4 is 35.5 Å². The van der Waals surface area contributed by atoms with Gasteiger partial charge >= 0.3 is 6.09 Å². The van der Waals surface area contributed by atoms with Crippen molar-refractivity contribution in [3.05, 3.63) is 0 Å². The lowest BCUT2D eigenvalue weighted by Crippen LogP contribution is -2.33. The molecule has 0 aromatic carbocycles. The summed E-state index contributed by atoms with van der Waals surface area (Å²) in [6, 6.07) is 0. The van der Waals surface area contributed by atoms with Crippen molar-refractivity contribution in [3.63, 3.8) is 0 Å². The number of ether oxygens (including phenoxy) is 1. The van der Waals surface area contributed by atoms with Gasteiger partial charge < -0.3 is 10.1 Å². The summed E-state index contributed by atoms with van der Waals surface area (Å²) in [4.78, 5) is 11.2. The van der Waals surface area contributed by atoms with Crippen LogP contribution in [0.5, 0.6) is 0 Å². The summed E-state index contributed by atoms with van der Waals surface area (Å²) in [5, 5.41) is 2.71. The maximum atomic E-state index is 11.2. The van der Waals surface area contributed by atoms with Gasteiger partial charge in [-0.05, 0) is 20.8 Å². The van der Waals surface area contributed by atoms with Gasteiger partial charge in [0.2, 0.25) is 0 Å². The Kier molecular flexibility index (Phi) is 9.13. The van der Waals surface area contributed by atoms with Crippen LogP contribution < -0.4 is 5.32 Å². The third kappa shape index (κ3) is 12.1. The van der Waals surface area contributed by atoms with Crippen molar-refractivity contribution in [3.8, 4) is 0 Å². The van der Waals surface area contributed by atoms with Crippen LogP contribution in [-0.2, 0) is 4.74 Å². The lowest BCUT2D eigenvalue weighted by Gasteiger charge is -2.19. The summed E-state index contributed by atoms with van der Waals surface area (Å²) in [6.45, 7) is 6.19. The number of nitrogens with one attached hydrogen (secondary N) is 1. The standard InChI is InChI=1S/C10H20BNO2S2/c1-10(2,3)14-9(13)12-6-8-16-15-7-4-5-11/h4-8H2,1-3H3,(H,12,13). The predicted octanol–water partition coefficient (Wildman–Crippen LogP) is 2.87. The molecule has 3 nitrogen and oxygen atoms in total. The molecule has 0 atom stereocenters. The second-order valence-corrected chi connectivity index (χ2v) is 6.92. The molecule has 16 heavy (non-hydrogen) atoms. The highest BCUT2D eigenvalue weighted by atomic mass is 33.1. The van der Waals surface area contributed by atoms with Crippen LogP contribution in [0.1, 0.15) is 27.2 Å². The molecule has 0 rings (SSSR count). The first kappa shape index (κ1) is 16.0. The van der Waals surface area contributed by atoms with Crippen molar-refractivity contribution in [2.24, 2.45) is 0 Å². The normalized spacial score (nSPS) is 11.2. The average molecular weight is 261 g/mol. The predicted molar refractivity (Wildman–Crippen MR) is 74.3 cm³/mol. The van der Waals surface area contributed by atoms with Crippen molar-refractivity contribution < 1.29 is 9.53 Å². The van der Waals surface area contributed by atoms with Crippen molar-refractivity contribution in [2.45, 2.75) is 39.1 Å². The van der Waals surface area contributed by atoms with Gasteiger partial charge in [0.25, 0.3) is 0 Å². The van der Waals surface area contributed by atoms with Crippen molar-refractivity contribution in [1.82, 2.24) is 5.32 Å². The highest BCUT2D eigenvalue weighted by Crippen LogP contribution is 2.21. The molecule has 0 bridgehead atoms. The molecular formula is C10H20BNO2S2. The SMILES string of the molecule is [B]CCCSSCCNC(=O)OC(C)(C)C. The summed E-state index contributed by atoms with van der Waals surface area (Å²) >= 11 is 0. The minimum Gasteiger partial charge on any atom is -0.444 e. The molecule has 1 amide bonds. The van der Waals surface area contributed by atoms with Crippen LogP contribution in [0.2, 0.25) is 6.32 Å². The van der Waals surface area contributed by atoms with Crippen LogP contribution in [0.15, 0.2) is 0 Å². The molecule has 0 heterocycles. The summed E-state index contributed by atoms with van der Waals surface area (Å²) in [5.41, 5.74) is -0.424. The number of hydrogen-bond donors (Lipinski definition) is 1. The Bertz CT molecular complexity index is 198. The van der Waals surface area contributed by atoms with E-state index in [2.05, 4.69) is 5.32 Å². The van der Waals surface area contributed by atoms with Crippen LogP contribution in [0.3, 0.4) is 0 Å². The Morgan fingerprint density at radius 3 is 2.50 bits per heavy atom. The van der Waals surface area contributed by atoms with Crippen LogP contribution in [-0.4, -0.2) is 37.6 Å². The monoisotopic (exact) mass is 261 g/mol. The molecule has 1 N–H and O–H groups in total. The lowest BCUT2D eigenvalue weighted by atomic mass is 10.0. The quantitative estimate of drug-likeness (QED) is 0.434. The van der Waals surface area contributed by atoms with E-state index in [1.807, 2.05) is 20.8 Å². The molecule has 0 aromatic heterocycles. The summed E-state index contributed by atoms with van der Waals surface area (Å²) in [5.74, 6) is 1.95. The highest BCUT2D eigenvalue weighted by Gasteiger charge is 2.15. The van der Waals surface area contributed by atoms with Gasteiger partial charge in [0.15, 0.2) is 0 Å². The van der Waals surface area contributed by atoms with E-state index in [-0.39, 0.29) is 6.09 Å². The fourth-order valence-electron chi connectivity index (χ4n) is 0.769. The Balaban J connectivity index is 3.28. The molecule has 0 unspecified atom stereocenters. The molecule has 0 aliphatic carbocycles. The van der Waals surface area contributed by atoms with E-state index in [4.69, 9.17) is 12.6 Å². The van der Waals surface area contributed by atoms with E-state index < -0.39 is 5.60 Å². The average Bonchev–Trinajstić information content (AvgIpc) is 2.13. The van der Waals surface area contributed by atoms with Crippen LogP contribution >= 0.6 is 21.6 Å². The topological polar surface area (TPSA) is 38.3 Å². The van der Waals surface area contributed by atoms with Gasteiger partial charge in [-0.3, -0.25) is 0 Å². The zero-order valence-corrected chi connectivity index (χ0v) is 11.9. The minimum absolute atomic E-state index is 0.347. The lowest BCUT2D eigenvalue weighted by molar-refractivity contribution is 0.0531. The smallest absolute Gasteiger partial charge is 0.407 e. The number of hydrogen-bond acceptors (Lipinski definition) is 4. The Labute approximate surface area is 108 Å². The van der Waals surface area contributed by atoms with Crippen LogP contribution in [0.4, 0.5) is 4.79 Å². The minimum atomic E-state index is -0.424. The van der Waals surface area contributed by atoms with Crippen molar-refractivity contribution in [1.29, 1.82) is 0 Å². The maximum Gasteiger partial charge on any atom is 0.407 e. The van der Waals surface area contributed by atoms with Gasteiger partial charge in [-0.25, -0.2) is 4.79 Å². The summed E-state index contributed by atoms with van der Waals surface area (Å²) in [7, 11) is 8.90. The van der Waals surface area contributed by atoms with Gasteiger partial charge in [0.1, 0.15) is 5.60 Å². The molecule has 0 aliphatic rings. The molecular weight excluding hydrogens is 241 g/mol. The maximum absolute atomic E-state index is 11.2. The van der Waals surface area contributed by atoms with E-state index in [1.165, 1.54) is 0 Å². The first-order valence-corrected chi connectivity index (χ1v) is 7.86. The fourth-order valence-corrected chi connectivity index (χ4v) is 2.79. The zero-order chi connectivity index (χ0) is 12.4. The molecule has 0 saturated heterocycles. The summed E-state index contributed by atoms with van der Waals surface area (Å²) in [6.07, 6.45) is 1.43. The Morgan fingerprint density at radius 2 is 1.94 bits per heavy atom. The Morgan fingerprint density at radius 1 is 1.31 bits per heavy atom. The third-order valence-corrected chi connectivity index (χ3v) is 3.86. The van der Waals surface area contributed by atoms with Gasteiger partial charge in [0.05, 0.1) is 7.85 Å². The highest BCUT2D eigenvalue weighted by molar-refractivity contribution is 8.76. The number of alkyl carbamates (subject to hydrolysis) is 1. The van der Waals surface area contributed by atoms with E-state index in [1.54, 1.807) is 21.6 Å². The van der Waals surface area contributed by atoms with Gasteiger partial charge in [-0.15, -0.1) is 0 Å². The van der Waals surface area contributed by atoms with Crippen molar-refractivity contribution in [2.75, 3.05) is 18.1 Å². The van der Waals surface area contributed by atoms with E-state index in [9.17, 15) is 4.79 Å². The van der Waals surface area contributed by atoms with E-state index in [0.29, 0.717) is 6.54 Å². The molecule has 0 spiro atoms. The number of rotatable bonds is 7. The van der Waals surface area contributed by atoms with Gasteiger partial charge in [-0.1, -0.05) is 34.3 Å². The number of carbonyl (C=O) groups excluding carboxylic acids is 1. The van der Waals surface area contributed by atoms with Gasteiger partial charge in [0, 0.05) is 18.1 Å². The number of amides is 1. The first-order chi connectivity index (χ1) is 7.45. The van der Waals surface area contributed by atoms with Gasteiger partial charge in [-0.2, -0.15) is 0 Å².